The van der Waals surface area contributed by atoms with E-state index in [9.17, 15) is 9.59 Å². The van der Waals surface area contributed by atoms with Crippen molar-refractivity contribution in [1.29, 1.82) is 0 Å². The SMILES string of the molecule is Cc1csc(C(C)N(C)C(=O)c2ccc3c(=O)n(C)cnc3c2)n1. The van der Waals surface area contributed by atoms with Crippen LogP contribution < -0.4 is 5.56 Å². The van der Waals surface area contributed by atoms with E-state index < -0.39 is 0 Å². The first kappa shape index (κ1) is 16.3. The summed E-state index contributed by atoms with van der Waals surface area (Å²) in [5.41, 5.74) is 1.86. The normalized spacial score (nSPS) is 12.3. The first-order valence-electron chi connectivity index (χ1n) is 7.53. The molecular formula is C17H18N4O2S. The Balaban J connectivity index is 1.93. The number of amides is 1. The molecule has 0 saturated heterocycles. The lowest BCUT2D eigenvalue weighted by atomic mass is 10.1. The second-order valence-electron chi connectivity index (χ2n) is 5.81. The van der Waals surface area contributed by atoms with Gasteiger partial charge in [0.2, 0.25) is 0 Å². The Hall–Kier alpha value is -2.54. The van der Waals surface area contributed by atoms with E-state index in [1.807, 2.05) is 19.2 Å². The number of rotatable bonds is 3. The number of nitrogens with zero attached hydrogens (tertiary/aromatic N) is 4. The van der Waals surface area contributed by atoms with Crippen molar-refractivity contribution in [3.63, 3.8) is 0 Å². The molecule has 1 unspecified atom stereocenters. The predicted molar refractivity (Wildman–Crippen MR) is 94.3 cm³/mol. The lowest BCUT2D eigenvalue weighted by Crippen LogP contribution is -2.29. The molecule has 0 aliphatic rings. The molecule has 3 rings (SSSR count). The monoisotopic (exact) mass is 342 g/mol. The highest BCUT2D eigenvalue weighted by Crippen LogP contribution is 2.24. The van der Waals surface area contributed by atoms with Crippen LogP contribution in [0.4, 0.5) is 0 Å². The van der Waals surface area contributed by atoms with Gasteiger partial charge < -0.3 is 9.47 Å². The van der Waals surface area contributed by atoms with Gasteiger partial charge in [0.05, 0.1) is 23.3 Å². The Bertz CT molecular complexity index is 976. The van der Waals surface area contributed by atoms with Gasteiger partial charge in [-0.15, -0.1) is 11.3 Å². The van der Waals surface area contributed by atoms with E-state index in [-0.39, 0.29) is 17.5 Å². The van der Waals surface area contributed by atoms with Crippen LogP contribution in [0.15, 0.2) is 34.7 Å². The van der Waals surface area contributed by atoms with Gasteiger partial charge in [-0.3, -0.25) is 9.59 Å². The highest BCUT2D eigenvalue weighted by molar-refractivity contribution is 7.09. The highest BCUT2D eigenvalue weighted by atomic mass is 32.1. The van der Waals surface area contributed by atoms with Gasteiger partial charge in [0.25, 0.3) is 11.5 Å². The van der Waals surface area contributed by atoms with Crippen molar-refractivity contribution in [2.45, 2.75) is 19.9 Å². The van der Waals surface area contributed by atoms with Gasteiger partial charge in [0.1, 0.15) is 5.01 Å². The standard InChI is InChI=1S/C17H18N4O2S/c1-10-8-24-15(19-10)11(2)21(4)16(22)12-5-6-13-14(7-12)18-9-20(3)17(13)23/h5-9,11H,1-4H3. The van der Waals surface area contributed by atoms with Crippen LogP contribution in [0.5, 0.6) is 0 Å². The molecule has 3 aromatic rings. The smallest absolute Gasteiger partial charge is 0.260 e. The Morgan fingerprint density at radius 1 is 1.38 bits per heavy atom. The van der Waals surface area contributed by atoms with E-state index in [0.717, 1.165) is 10.7 Å². The minimum atomic E-state index is -0.126. The number of aryl methyl sites for hydroxylation is 2. The van der Waals surface area contributed by atoms with Crippen LogP contribution in [0.1, 0.15) is 34.0 Å². The fraction of sp³-hybridized carbons (Fsp3) is 0.294. The molecule has 0 aliphatic heterocycles. The summed E-state index contributed by atoms with van der Waals surface area (Å²) in [6.45, 7) is 3.88. The third-order valence-corrected chi connectivity index (χ3v) is 5.19. The summed E-state index contributed by atoms with van der Waals surface area (Å²) in [4.78, 5) is 35.1. The molecule has 7 heteroatoms. The summed E-state index contributed by atoms with van der Waals surface area (Å²) >= 11 is 1.54. The number of carbonyl (C=O) groups is 1. The summed E-state index contributed by atoms with van der Waals surface area (Å²) < 4.78 is 1.42. The fourth-order valence-corrected chi connectivity index (χ4v) is 3.35. The number of carbonyl (C=O) groups excluding carboxylic acids is 1. The van der Waals surface area contributed by atoms with Crippen molar-refractivity contribution in [3.8, 4) is 0 Å². The lowest BCUT2D eigenvalue weighted by molar-refractivity contribution is 0.0742. The quantitative estimate of drug-likeness (QED) is 0.733. The molecule has 2 heterocycles. The molecule has 0 spiro atoms. The third kappa shape index (κ3) is 2.82. The minimum absolute atomic E-state index is 0.122. The van der Waals surface area contributed by atoms with Gasteiger partial charge in [0, 0.05) is 30.7 Å². The Kier molecular flexibility index (Phi) is 4.19. The highest BCUT2D eigenvalue weighted by Gasteiger charge is 2.21. The molecule has 2 aromatic heterocycles. The summed E-state index contributed by atoms with van der Waals surface area (Å²) in [7, 11) is 3.41. The van der Waals surface area contributed by atoms with Crippen molar-refractivity contribution >= 4 is 28.1 Å². The van der Waals surface area contributed by atoms with Crippen molar-refractivity contribution in [2.24, 2.45) is 7.05 Å². The number of hydrogen-bond donors (Lipinski definition) is 0. The van der Waals surface area contributed by atoms with Gasteiger partial charge in [-0.2, -0.15) is 0 Å². The molecule has 0 aliphatic carbocycles. The number of fused-ring (bicyclic) bond motifs is 1. The zero-order chi connectivity index (χ0) is 17.4. The van der Waals surface area contributed by atoms with Crippen molar-refractivity contribution in [1.82, 2.24) is 19.4 Å². The minimum Gasteiger partial charge on any atom is -0.333 e. The number of aromatic nitrogens is 3. The van der Waals surface area contributed by atoms with Crippen LogP contribution in [0.3, 0.4) is 0 Å². The molecule has 24 heavy (non-hydrogen) atoms. The van der Waals surface area contributed by atoms with Crippen molar-refractivity contribution in [3.05, 3.63) is 56.5 Å². The van der Waals surface area contributed by atoms with Gasteiger partial charge in [-0.1, -0.05) is 0 Å². The average Bonchev–Trinajstić information content (AvgIpc) is 3.02. The lowest BCUT2D eigenvalue weighted by Gasteiger charge is -2.23. The Morgan fingerprint density at radius 3 is 2.79 bits per heavy atom. The molecule has 124 valence electrons. The zero-order valence-electron chi connectivity index (χ0n) is 14.0. The van der Waals surface area contributed by atoms with E-state index in [2.05, 4.69) is 9.97 Å². The maximum absolute atomic E-state index is 12.8. The molecule has 0 fully saturated rings. The summed E-state index contributed by atoms with van der Waals surface area (Å²) in [5, 5.41) is 3.37. The fourth-order valence-electron chi connectivity index (χ4n) is 2.45. The van der Waals surface area contributed by atoms with E-state index >= 15 is 0 Å². The van der Waals surface area contributed by atoms with Crippen LogP contribution >= 0.6 is 11.3 Å². The van der Waals surface area contributed by atoms with Crippen molar-refractivity contribution < 1.29 is 4.79 Å². The topological polar surface area (TPSA) is 68.1 Å². The summed E-state index contributed by atoms with van der Waals surface area (Å²) in [6.07, 6.45) is 1.46. The average molecular weight is 342 g/mol. The van der Waals surface area contributed by atoms with Crippen molar-refractivity contribution in [2.75, 3.05) is 7.05 Å². The molecule has 0 N–H and O–H groups in total. The van der Waals surface area contributed by atoms with Crippen LogP contribution in [0.25, 0.3) is 10.9 Å². The van der Waals surface area contributed by atoms with Crippen LogP contribution in [0, 0.1) is 6.92 Å². The zero-order valence-corrected chi connectivity index (χ0v) is 14.8. The molecule has 0 saturated carbocycles. The molecule has 1 amide bonds. The third-order valence-electron chi connectivity index (χ3n) is 4.06. The number of thiazole rings is 1. The second-order valence-corrected chi connectivity index (χ2v) is 6.70. The predicted octanol–water partition coefficient (Wildman–Crippen LogP) is 2.53. The van der Waals surface area contributed by atoms with Gasteiger partial charge in [0.15, 0.2) is 0 Å². The Labute approximate surface area is 143 Å². The van der Waals surface area contributed by atoms with E-state index in [1.165, 1.54) is 10.9 Å². The van der Waals surface area contributed by atoms with E-state index in [1.54, 1.807) is 48.5 Å². The number of hydrogen-bond acceptors (Lipinski definition) is 5. The van der Waals surface area contributed by atoms with Gasteiger partial charge in [-0.05, 0) is 32.0 Å². The molecule has 6 nitrogen and oxygen atoms in total. The molecule has 1 aromatic carbocycles. The van der Waals surface area contributed by atoms with E-state index in [4.69, 9.17) is 0 Å². The molecule has 0 radical (unpaired) electrons. The molecular weight excluding hydrogens is 324 g/mol. The molecule has 1 atom stereocenters. The van der Waals surface area contributed by atoms with Crippen LogP contribution in [0.2, 0.25) is 0 Å². The van der Waals surface area contributed by atoms with Gasteiger partial charge >= 0.3 is 0 Å². The maximum atomic E-state index is 12.8. The first-order chi connectivity index (χ1) is 11.4. The Morgan fingerprint density at radius 2 is 2.12 bits per heavy atom. The van der Waals surface area contributed by atoms with Crippen LogP contribution in [-0.2, 0) is 7.05 Å². The number of benzene rings is 1. The summed E-state index contributed by atoms with van der Waals surface area (Å²) in [6, 6.07) is 4.87. The van der Waals surface area contributed by atoms with Gasteiger partial charge in [-0.25, -0.2) is 9.97 Å². The second kappa shape index (κ2) is 6.16. The van der Waals surface area contributed by atoms with E-state index in [0.29, 0.717) is 16.5 Å². The maximum Gasteiger partial charge on any atom is 0.260 e. The molecule has 0 bridgehead atoms. The largest absolute Gasteiger partial charge is 0.333 e. The summed E-state index contributed by atoms with van der Waals surface area (Å²) in [5.74, 6) is -0.125. The van der Waals surface area contributed by atoms with Crippen LogP contribution in [-0.4, -0.2) is 32.4 Å². The first-order valence-corrected chi connectivity index (χ1v) is 8.41.